The number of halogens is 1. The highest BCUT2D eigenvalue weighted by atomic mass is 32.1. The Hall–Kier alpha value is -2.87. The lowest BCUT2D eigenvalue weighted by Crippen LogP contribution is -2.30. The average molecular weight is 330 g/mol. The number of carbonyl (C=O) groups is 1. The zero-order valence-electron chi connectivity index (χ0n) is 12.0. The summed E-state index contributed by atoms with van der Waals surface area (Å²) in [4.78, 5) is 32.1. The fraction of sp³-hybridized carbons (Fsp3) is 0.0667. The summed E-state index contributed by atoms with van der Waals surface area (Å²) in [6, 6.07) is 2.58. The Balaban J connectivity index is 2.38. The largest absolute Gasteiger partial charge is 0.365 e. The Labute approximate surface area is 134 Å². The molecular weight excluding hydrogens is 319 g/mol. The van der Waals surface area contributed by atoms with Crippen molar-refractivity contribution in [2.75, 3.05) is 0 Å². The molecule has 8 heteroatoms. The monoisotopic (exact) mass is 330 g/mol. The second kappa shape index (κ2) is 5.73. The number of amides is 1. The van der Waals surface area contributed by atoms with Crippen molar-refractivity contribution in [2.24, 2.45) is 5.73 Å². The van der Waals surface area contributed by atoms with Crippen LogP contribution in [0, 0.1) is 12.7 Å². The normalized spacial score (nSPS) is 10.7. The summed E-state index contributed by atoms with van der Waals surface area (Å²) in [6.45, 7) is 1.69. The van der Waals surface area contributed by atoms with E-state index in [0.717, 1.165) is 12.3 Å². The maximum absolute atomic E-state index is 13.5. The molecule has 116 valence electrons. The lowest BCUT2D eigenvalue weighted by Gasteiger charge is -2.14. The van der Waals surface area contributed by atoms with Crippen LogP contribution in [0.1, 0.15) is 16.1 Å². The van der Waals surface area contributed by atoms with Crippen LogP contribution in [0.3, 0.4) is 0 Å². The lowest BCUT2D eigenvalue weighted by molar-refractivity contribution is 0.0998. The predicted molar refractivity (Wildman–Crippen MR) is 84.2 cm³/mol. The summed E-state index contributed by atoms with van der Waals surface area (Å²) in [7, 11) is 0. The molecule has 0 aliphatic carbocycles. The molecule has 3 rings (SSSR count). The van der Waals surface area contributed by atoms with Gasteiger partial charge in [0.15, 0.2) is 0 Å². The van der Waals surface area contributed by atoms with E-state index < -0.39 is 17.3 Å². The van der Waals surface area contributed by atoms with Crippen molar-refractivity contribution >= 4 is 17.2 Å². The second-order valence-corrected chi connectivity index (χ2v) is 5.52. The molecule has 0 fully saturated rings. The lowest BCUT2D eigenvalue weighted by atomic mass is 10.1. The topological polar surface area (TPSA) is 90.9 Å². The van der Waals surface area contributed by atoms with Gasteiger partial charge in [0.25, 0.3) is 11.5 Å². The number of carbonyl (C=O) groups excluding carboxylic acids is 1. The van der Waals surface area contributed by atoms with Crippen LogP contribution < -0.4 is 11.3 Å². The van der Waals surface area contributed by atoms with E-state index in [-0.39, 0.29) is 11.3 Å². The van der Waals surface area contributed by atoms with E-state index in [1.165, 1.54) is 28.2 Å². The van der Waals surface area contributed by atoms with E-state index in [4.69, 9.17) is 5.73 Å². The van der Waals surface area contributed by atoms with Crippen LogP contribution in [0.25, 0.3) is 16.9 Å². The number of primary amides is 1. The van der Waals surface area contributed by atoms with Gasteiger partial charge in [0.2, 0.25) is 0 Å². The molecule has 0 atom stereocenters. The van der Waals surface area contributed by atoms with Gasteiger partial charge in [-0.15, -0.1) is 11.3 Å². The molecule has 0 spiro atoms. The SMILES string of the molecule is Cc1c(-c2cscn2)cc(C(N)=O)c(=O)n1-c1cncc(F)c1. The number of nitrogens with zero attached hydrogens (tertiary/aromatic N) is 3. The van der Waals surface area contributed by atoms with Gasteiger partial charge in [0, 0.05) is 22.7 Å². The molecule has 3 aromatic rings. The summed E-state index contributed by atoms with van der Waals surface area (Å²) in [5.41, 5.74) is 8.03. The maximum Gasteiger partial charge on any atom is 0.268 e. The molecule has 0 aliphatic rings. The minimum absolute atomic E-state index is 0.192. The number of nitrogens with two attached hydrogens (primary N) is 1. The van der Waals surface area contributed by atoms with Crippen molar-refractivity contribution in [2.45, 2.75) is 6.92 Å². The molecule has 0 saturated carbocycles. The van der Waals surface area contributed by atoms with Crippen LogP contribution in [-0.2, 0) is 0 Å². The highest BCUT2D eigenvalue weighted by Crippen LogP contribution is 2.24. The zero-order valence-corrected chi connectivity index (χ0v) is 12.8. The highest BCUT2D eigenvalue weighted by molar-refractivity contribution is 7.07. The third-order valence-corrected chi connectivity index (χ3v) is 3.96. The van der Waals surface area contributed by atoms with Gasteiger partial charge in [-0.25, -0.2) is 9.37 Å². The van der Waals surface area contributed by atoms with Gasteiger partial charge in [-0.3, -0.25) is 19.1 Å². The van der Waals surface area contributed by atoms with Crippen molar-refractivity contribution in [1.29, 1.82) is 0 Å². The standard InChI is InChI=1S/C15H11FN4O2S/c1-8-11(13-6-23-7-19-13)3-12(14(17)21)15(22)20(8)10-2-9(16)4-18-5-10/h2-7H,1H3,(H2,17,21). The quantitative estimate of drug-likeness (QED) is 0.794. The van der Waals surface area contributed by atoms with E-state index >= 15 is 0 Å². The summed E-state index contributed by atoms with van der Waals surface area (Å²) in [6.07, 6.45) is 2.37. The van der Waals surface area contributed by atoms with Crippen LogP contribution in [0.5, 0.6) is 0 Å². The average Bonchev–Trinajstić information content (AvgIpc) is 3.01. The van der Waals surface area contributed by atoms with Crippen LogP contribution in [0.2, 0.25) is 0 Å². The third-order valence-electron chi connectivity index (χ3n) is 3.37. The smallest absolute Gasteiger partial charge is 0.268 e. The number of hydrogen-bond donors (Lipinski definition) is 1. The molecular formula is C15H11FN4O2S. The Morgan fingerprint density at radius 1 is 1.35 bits per heavy atom. The second-order valence-electron chi connectivity index (χ2n) is 4.80. The number of pyridine rings is 2. The molecule has 0 radical (unpaired) electrons. The molecule has 3 heterocycles. The van der Waals surface area contributed by atoms with Gasteiger partial charge in [0.05, 0.1) is 29.3 Å². The van der Waals surface area contributed by atoms with Crippen LogP contribution in [0.4, 0.5) is 4.39 Å². The van der Waals surface area contributed by atoms with Crippen molar-refractivity contribution in [3.05, 3.63) is 62.8 Å². The van der Waals surface area contributed by atoms with Crippen LogP contribution >= 0.6 is 11.3 Å². The Morgan fingerprint density at radius 2 is 2.13 bits per heavy atom. The van der Waals surface area contributed by atoms with E-state index in [1.807, 2.05) is 0 Å². The molecule has 0 aromatic carbocycles. The Bertz CT molecular complexity index is 951. The van der Waals surface area contributed by atoms with Crippen LogP contribution in [0.15, 0.2) is 40.2 Å². The van der Waals surface area contributed by atoms with Crippen molar-refractivity contribution in [1.82, 2.24) is 14.5 Å². The molecule has 3 aromatic heterocycles. The van der Waals surface area contributed by atoms with Gasteiger partial charge >= 0.3 is 0 Å². The first-order valence-electron chi connectivity index (χ1n) is 6.55. The van der Waals surface area contributed by atoms with Crippen molar-refractivity contribution in [3.8, 4) is 16.9 Å². The summed E-state index contributed by atoms with van der Waals surface area (Å²) in [5, 5.41) is 1.78. The van der Waals surface area contributed by atoms with Gasteiger partial charge in [0.1, 0.15) is 11.4 Å². The number of hydrogen-bond acceptors (Lipinski definition) is 5. The van der Waals surface area contributed by atoms with E-state index in [2.05, 4.69) is 9.97 Å². The molecule has 0 aliphatic heterocycles. The first kappa shape index (κ1) is 15.0. The molecule has 0 unspecified atom stereocenters. The Morgan fingerprint density at radius 3 is 2.74 bits per heavy atom. The maximum atomic E-state index is 13.5. The summed E-state index contributed by atoms with van der Waals surface area (Å²) < 4.78 is 14.7. The van der Waals surface area contributed by atoms with E-state index in [1.54, 1.807) is 17.8 Å². The highest BCUT2D eigenvalue weighted by Gasteiger charge is 2.18. The van der Waals surface area contributed by atoms with Gasteiger partial charge in [-0.2, -0.15) is 0 Å². The van der Waals surface area contributed by atoms with Crippen molar-refractivity contribution in [3.63, 3.8) is 0 Å². The first-order chi connectivity index (χ1) is 11.0. The first-order valence-corrected chi connectivity index (χ1v) is 7.49. The molecule has 23 heavy (non-hydrogen) atoms. The van der Waals surface area contributed by atoms with Crippen LogP contribution in [-0.4, -0.2) is 20.4 Å². The Kier molecular flexibility index (Phi) is 3.75. The molecule has 0 saturated heterocycles. The molecule has 0 bridgehead atoms. The molecule has 1 amide bonds. The summed E-state index contributed by atoms with van der Waals surface area (Å²) in [5.74, 6) is -1.45. The number of rotatable bonds is 3. The van der Waals surface area contributed by atoms with E-state index in [0.29, 0.717) is 17.0 Å². The number of thiazole rings is 1. The summed E-state index contributed by atoms with van der Waals surface area (Å²) >= 11 is 1.38. The fourth-order valence-electron chi connectivity index (χ4n) is 2.32. The van der Waals surface area contributed by atoms with Gasteiger partial charge < -0.3 is 5.73 Å². The minimum Gasteiger partial charge on any atom is -0.365 e. The minimum atomic E-state index is -0.857. The van der Waals surface area contributed by atoms with Crippen molar-refractivity contribution < 1.29 is 9.18 Å². The predicted octanol–water partition coefficient (Wildman–Crippen LogP) is 1.90. The van der Waals surface area contributed by atoms with Gasteiger partial charge in [-0.05, 0) is 13.0 Å². The molecule has 6 nitrogen and oxygen atoms in total. The van der Waals surface area contributed by atoms with Gasteiger partial charge in [-0.1, -0.05) is 0 Å². The van der Waals surface area contributed by atoms with E-state index in [9.17, 15) is 14.0 Å². The zero-order chi connectivity index (χ0) is 16.6. The molecule has 2 N–H and O–H groups in total. The number of aromatic nitrogens is 3. The fourth-order valence-corrected chi connectivity index (χ4v) is 2.87. The third kappa shape index (κ3) is 2.64.